The van der Waals surface area contributed by atoms with Crippen LogP contribution in [0.1, 0.15) is 48.0 Å². The van der Waals surface area contributed by atoms with Crippen LogP contribution in [0, 0.1) is 6.92 Å². The number of anilines is 2. The molecule has 3 N–H and O–H groups in total. The molecule has 1 saturated heterocycles. The minimum atomic E-state index is -5.08. The molecule has 0 aliphatic carbocycles. The number of carbonyl (C=O) groups is 2. The summed E-state index contributed by atoms with van der Waals surface area (Å²) in [5.41, 5.74) is 0.497. The van der Waals surface area contributed by atoms with Crippen LogP contribution < -0.4 is 9.62 Å². The van der Waals surface area contributed by atoms with E-state index in [4.69, 9.17) is 21.5 Å². The lowest BCUT2D eigenvalue weighted by molar-refractivity contribution is -0.192. The number of rotatable bonds is 5. The van der Waals surface area contributed by atoms with Crippen LogP contribution >= 0.6 is 11.6 Å². The summed E-state index contributed by atoms with van der Waals surface area (Å²) in [5, 5.41) is 17.1. The van der Waals surface area contributed by atoms with Gasteiger partial charge in [0.15, 0.2) is 0 Å². The first kappa shape index (κ1) is 29.2. The van der Waals surface area contributed by atoms with Gasteiger partial charge >= 0.3 is 18.1 Å². The van der Waals surface area contributed by atoms with E-state index in [2.05, 4.69) is 9.71 Å². The molecule has 0 amide bonds. The number of alkyl halides is 3. The summed E-state index contributed by atoms with van der Waals surface area (Å²) in [5.74, 6) is -3.52. The molecule has 1 aromatic heterocycles. The number of pyridine rings is 1. The van der Waals surface area contributed by atoms with E-state index < -0.39 is 28.1 Å². The van der Waals surface area contributed by atoms with E-state index in [0.717, 1.165) is 38.8 Å². The maximum Gasteiger partial charge on any atom is 0.490 e. The Bertz CT molecular complexity index is 1200. The Balaban J connectivity index is 0.000000572. The highest BCUT2D eigenvalue weighted by Crippen LogP contribution is 2.28. The fourth-order valence-corrected chi connectivity index (χ4v) is 5.00. The van der Waals surface area contributed by atoms with E-state index in [-0.39, 0.29) is 16.1 Å². The number of carboxylic acids is 2. The predicted octanol–water partition coefficient (Wildman–Crippen LogP) is 4.95. The van der Waals surface area contributed by atoms with Crippen molar-refractivity contribution in [3.63, 3.8) is 0 Å². The fourth-order valence-electron chi connectivity index (χ4n) is 3.47. The molecular formula is C22H25ClF3N3O6S. The standard InChI is InChI=1S/C20H24ClN3O4S.C2HF3O2/c1-14-17(21)8-7-9-18(14)29(27,28)23-15-12-16(20(25)26)19(22-13-15)24-10-5-3-2-4-6-11-24;3-2(4,5)1(6)7/h7-9,12-13,23H,2-6,10-11H2,1H3,(H,25,26);(H,6,7). The third-order valence-electron chi connectivity index (χ3n) is 5.25. The molecule has 36 heavy (non-hydrogen) atoms. The average Bonchev–Trinajstić information content (AvgIpc) is 2.75. The molecule has 9 nitrogen and oxygen atoms in total. The number of carboxylic acid groups (broad SMARTS) is 2. The molecule has 198 valence electrons. The summed E-state index contributed by atoms with van der Waals surface area (Å²) >= 11 is 6.03. The first-order valence-corrected chi connectivity index (χ1v) is 12.7. The van der Waals surface area contributed by atoms with E-state index in [1.807, 2.05) is 4.90 Å². The fraction of sp³-hybridized carbons (Fsp3) is 0.409. The molecule has 3 rings (SSSR count). The Kier molecular flexibility index (Phi) is 9.93. The van der Waals surface area contributed by atoms with Crippen molar-refractivity contribution in [1.29, 1.82) is 0 Å². The first-order chi connectivity index (χ1) is 16.7. The van der Waals surface area contributed by atoms with Gasteiger partial charge in [-0.1, -0.05) is 36.9 Å². The van der Waals surface area contributed by atoms with Crippen molar-refractivity contribution < 1.29 is 41.4 Å². The SMILES string of the molecule is Cc1c(Cl)cccc1S(=O)(=O)Nc1cnc(N2CCCCCCC2)c(C(=O)O)c1.O=C(O)C(F)(F)F. The Morgan fingerprint density at radius 2 is 1.64 bits per heavy atom. The van der Waals surface area contributed by atoms with Crippen molar-refractivity contribution in [3.05, 3.63) is 46.6 Å². The average molecular weight is 552 g/mol. The van der Waals surface area contributed by atoms with Crippen molar-refractivity contribution >= 4 is 45.1 Å². The summed E-state index contributed by atoms with van der Waals surface area (Å²) < 4.78 is 59.7. The Morgan fingerprint density at radius 3 is 2.17 bits per heavy atom. The number of aromatic carboxylic acids is 1. The Labute approximate surface area is 211 Å². The van der Waals surface area contributed by atoms with Crippen molar-refractivity contribution in [1.82, 2.24) is 4.98 Å². The number of aromatic nitrogens is 1. The molecule has 1 aliphatic heterocycles. The van der Waals surface area contributed by atoms with Gasteiger partial charge in [-0.15, -0.1) is 0 Å². The molecule has 0 spiro atoms. The highest BCUT2D eigenvalue weighted by Gasteiger charge is 2.38. The predicted molar refractivity (Wildman–Crippen MR) is 127 cm³/mol. The number of hydrogen-bond donors (Lipinski definition) is 3. The minimum absolute atomic E-state index is 0.0198. The zero-order valence-electron chi connectivity index (χ0n) is 19.2. The lowest BCUT2D eigenvalue weighted by atomic mass is 10.1. The van der Waals surface area contributed by atoms with Crippen LogP contribution in [0.2, 0.25) is 5.02 Å². The number of benzene rings is 1. The summed E-state index contributed by atoms with van der Waals surface area (Å²) in [6, 6.07) is 5.93. The number of hydrogen-bond acceptors (Lipinski definition) is 6. The maximum atomic E-state index is 12.8. The zero-order valence-corrected chi connectivity index (χ0v) is 20.8. The molecule has 0 bridgehead atoms. The summed E-state index contributed by atoms with van der Waals surface area (Å²) in [6.07, 6.45) is 1.63. The van der Waals surface area contributed by atoms with Crippen molar-refractivity contribution in [2.75, 3.05) is 22.7 Å². The monoisotopic (exact) mass is 551 g/mol. The van der Waals surface area contributed by atoms with Crippen molar-refractivity contribution in [3.8, 4) is 0 Å². The second kappa shape index (κ2) is 12.3. The number of halogens is 4. The molecule has 1 aromatic carbocycles. The summed E-state index contributed by atoms with van der Waals surface area (Å²) in [7, 11) is -3.94. The van der Waals surface area contributed by atoms with Gasteiger partial charge in [0, 0.05) is 18.1 Å². The molecule has 1 aliphatic rings. The molecule has 0 unspecified atom stereocenters. The zero-order chi connectivity index (χ0) is 27.1. The van der Waals surface area contributed by atoms with Crippen molar-refractivity contribution in [2.45, 2.75) is 50.1 Å². The smallest absolute Gasteiger partial charge is 0.478 e. The third-order valence-corrected chi connectivity index (χ3v) is 7.19. The minimum Gasteiger partial charge on any atom is -0.478 e. The number of nitrogens with zero attached hydrogens (tertiary/aromatic N) is 2. The second-order valence-corrected chi connectivity index (χ2v) is 9.98. The van der Waals surface area contributed by atoms with Gasteiger partial charge in [-0.05, 0) is 43.5 Å². The highest BCUT2D eigenvalue weighted by molar-refractivity contribution is 7.92. The molecular weight excluding hydrogens is 527 g/mol. The van der Waals surface area contributed by atoms with Gasteiger partial charge in [0.2, 0.25) is 0 Å². The number of sulfonamides is 1. The molecule has 0 atom stereocenters. The lowest BCUT2D eigenvalue weighted by Gasteiger charge is -2.27. The van der Waals surface area contributed by atoms with Crippen LogP contribution in [0.25, 0.3) is 0 Å². The number of aliphatic carboxylic acids is 1. The van der Waals surface area contributed by atoms with Crippen LogP contribution in [0.3, 0.4) is 0 Å². The molecule has 14 heteroatoms. The molecule has 0 saturated carbocycles. The van der Waals surface area contributed by atoms with Crippen molar-refractivity contribution in [2.24, 2.45) is 0 Å². The van der Waals surface area contributed by atoms with Crippen LogP contribution in [0.15, 0.2) is 35.4 Å². The largest absolute Gasteiger partial charge is 0.490 e. The lowest BCUT2D eigenvalue weighted by Crippen LogP contribution is -2.29. The topological polar surface area (TPSA) is 137 Å². The molecule has 2 heterocycles. The van der Waals surface area contributed by atoms with Crippen LogP contribution in [-0.2, 0) is 14.8 Å². The normalized spacial score (nSPS) is 14.6. The van der Waals surface area contributed by atoms with Gasteiger partial charge in [0.25, 0.3) is 10.0 Å². The van der Waals surface area contributed by atoms with Gasteiger partial charge in [0.05, 0.1) is 16.8 Å². The highest BCUT2D eigenvalue weighted by atomic mass is 35.5. The van der Waals surface area contributed by atoms with Gasteiger partial charge in [-0.2, -0.15) is 13.2 Å². The first-order valence-electron chi connectivity index (χ1n) is 10.8. The van der Waals surface area contributed by atoms with E-state index >= 15 is 0 Å². The quantitative estimate of drug-likeness (QED) is 0.475. The van der Waals surface area contributed by atoms with Crippen LogP contribution in [0.4, 0.5) is 24.7 Å². The summed E-state index contributed by atoms with van der Waals surface area (Å²) in [6.45, 7) is 3.09. The maximum absolute atomic E-state index is 12.8. The second-order valence-electron chi connectivity index (χ2n) is 7.93. The van der Waals surface area contributed by atoms with E-state index in [1.54, 1.807) is 19.1 Å². The van der Waals surface area contributed by atoms with Gasteiger partial charge in [0.1, 0.15) is 11.4 Å². The van der Waals surface area contributed by atoms with Gasteiger partial charge in [-0.3, -0.25) is 4.72 Å². The van der Waals surface area contributed by atoms with E-state index in [1.165, 1.54) is 24.8 Å². The molecule has 0 radical (unpaired) electrons. The number of nitrogens with one attached hydrogen (secondary N) is 1. The Morgan fingerprint density at radius 1 is 1.08 bits per heavy atom. The van der Waals surface area contributed by atoms with E-state index in [0.29, 0.717) is 16.4 Å². The molecule has 2 aromatic rings. The summed E-state index contributed by atoms with van der Waals surface area (Å²) in [4.78, 5) is 27.1. The van der Waals surface area contributed by atoms with Gasteiger partial charge in [-0.25, -0.2) is 23.0 Å². The van der Waals surface area contributed by atoms with E-state index in [9.17, 15) is 31.5 Å². The van der Waals surface area contributed by atoms with Crippen LogP contribution in [0.5, 0.6) is 0 Å². The van der Waals surface area contributed by atoms with Crippen LogP contribution in [-0.4, -0.2) is 54.8 Å². The van der Waals surface area contributed by atoms with Gasteiger partial charge < -0.3 is 15.1 Å². The molecule has 1 fully saturated rings. The third kappa shape index (κ3) is 7.98. The Hall–Kier alpha value is -3.06.